The van der Waals surface area contributed by atoms with Crippen molar-refractivity contribution in [1.82, 2.24) is 15.1 Å². The molecular weight excluding hydrogens is 566 g/mol. The van der Waals surface area contributed by atoms with E-state index in [1.807, 2.05) is 71.3 Å². The summed E-state index contributed by atoms with van der Waals surface area (Å²) in [4.78, 5) is 30.4. The number of carbonyl (C=O) groups excluding carboxylic acids is 2. The van der Waals surface area contributed by atoms with Crippen LogP contribution < -0.4 is 14.8 Å². The van der Waals surface area contributed by atoms with Gasteiger partial charge in [-0.25, -0.2) is 0 Å². The molecular formula is C37H45N3O5. The number of nitrogens with zero attached hydrogens (tertiary/aromatic N) is 2. The standard InChI is InChI=1S/C37H45N3O5/c1-4-39(20-19-28-11-6-5-7-12-28)37(42)36-33(23-31-24-40(27(2)41)25-34(36)38-31)29-15-17-32(18-16-29)45-22-10-21-44-26-30-13-8-9-14-35(30)43-3/h5-9,11-18,31,34,38H,4,10,19-26H2,1-3H3/t31-,34-/m1/s1. The predicted molar refractivity (Wildman–Crippen MR) is 176 cm³/mol. The molecule has 2 bridgehead atoms. The van der Waals surface area contributed by atoms with E-state index < -0.39 is 0 Å². The lowest BCUT2D eigenvalue weighted by atomic mass is 9.83. The van der Waals surface area contributed by atoms with Crippen LogP contribution in [-0.2, 0) is 27.4 Å². The molecule has 2 atom stereocenters. The van der Waals surface area contributed by atoms with Crippen LogP contribution in [0.2, 0.25) is 0 Å². The fourth-order valence-electron chi connectivity index (χ4n) is 6.21. The van der Waals surface area contributed by atoms with Gasteiger partial charge in [0.05, 0.1) is 33.0 Å². The molecule has 1 fully saturated rings. The highest BCUT2D eigenvalue weighted by Crippen LogP contribution is 2.35. The van der Waals surface area contributed by atoms with Gasteiger partial charge in [-0.05, 0) is 54.7 Å². The summed E-state index contributed by atoms with van der Waals surface area (Å²) < 4.78 is 17.2. The van der Waals surface area contributed by atoms with Gasteiger partial charge in [-0.3, -0.25) is 9.59 Å². The Hall–Kier alpha value is -4.14. The first-order chi connectivity index (χ1) is 22.0. The summed E-state index contributed by atoms with van der Waals surface area (Å²) in [5, 5.41) is 3.65. The van der Waals surface area contributed by atoms with Gasteiger partial charge >= 0.3 is 0 Å². The number of nitrogens with one attached hydrogen (secondary N) is 1. The smallest absolute Gasteiger partial charge is 0.251 e. The molecule has 5 rings (SSSR count). The molecule has 1 N–H and O–H groups in total. The van der Waals surface area contributed by atoms with Crippen LogP contribution in [0.4, 0.5) is 0 Å². The van der Waals surface area contributed by atoms with Gasteiger partial charge in [0, 0.05) is 56.7 Å². The minimum absolute atomic E-state index is 0.0400. The summed E-state index contributed by atoms with van der Waals surface area (Å²) in [5.41, 5.74) is 5.09. The second-order valence-corrected chi connectivity index (χ2v) is 11.6. The Morgan fingerprint density at radius 2 is 1.71 bits per heavy atom. The number of likely N-dealkylation sites (N-methyl/N-ethyl adjacent to an activating group) is 1. The third-order valence-electron chi connectivity index (χ3n) is 8.62. The molecule has 0 radical (unpaired) electrons. The van der Waals surface area contributed by atoms with Crippen LogP contribution in [0.5, 0.6) is 11.5 Å². The minimum Gasteiger partial charge on any atom is -0.496 e. The number of piperazine rings is 1. The van der Waals surface area contributed by atoms with Crippen LogP contribution in [0, 0.1) is 0 Å². The number of amides is 2. The van der Waals surface area contributed by atoms with Crippen molar-refractivity contribution in [1.29, 1.82) is 0 Å². The van der Waals surface area contributed by atoms with Crippen molar-refractivity contribution < 1.29 is 23.8 Å². The number of ether oxygens (including phenoxy) is 3. The van der Waals surface area contributed by atoms with Crippen LogP contribution in [0.1, 0.15) is 43.4 Å². The highest BCUT2D eigenvalue weighted by atomic mass is 16.5. The molecule has 0 saturated carbocycles. The molecule has 45 heavy (non-hydrogen) atoms. The molecule has 0 aromatic heterocycles. The molecule has 8 heteroatoms. The van der Waals surface area contributed by atoms with Gasteiger partial charge in [-0.15, -0.1) is 0 Å². The van der Waals surface area contributed by atoms with Crippen molar-refractivity contribution in [2.24, 2.45) is 0 Å². The Morgan fingerprint density at radius 3 is 2.44 bits per heavy atom. The van der Waals surface area contributed by atoms with Crippen LogP contribution in [-0.4, -0.2) is 80.2 Å². The van der Waals surface area contributed by atoms with E-state index in [0.717, 1.165) is 46.6 Å². The Bertz CT molecular complexity index is 1460. The molecule has 8 nitrogen and oxygen atoms in total. The van der Waals surface area contributed by atoms with E-state index in [1.54, 1.807) is 14.0 Å². The maximum atomic E-state index is 14.2. The van der Waals surface area contributed by atoms with Crippen molar-refractivity contribution in [3.05, 3.63) is 101 Å². The third-order valence-corrected chi connectivity index (χ3v) is 8.62. The van der Waals surface area contributed by atoms with E-state index in [0.29, 0.717) is 52.4 Å². The third kappa shape index (κ3) is 8.32. The Labute approximate surface area is 267 Å². The van der Waals surface area contributed by atoms with E-state index in [9.17, 15) is 9.59 Å². The van der Waals surface area contributed by atoms with Gasteiger partial charge in [0.25, 0.3) is 5.91 Å². The predicted octanol–water partition coefficient (Wildman–Crippen LogP) is 5.12. The van der Waals surface area contributed by atoms with Crippen molar-refractivity contribution >= 4 is 17.4 Å². The van der Waals surface area contributed by atoms with Crippen molar-refractivity contribution in [2.45, 2.75) is 51.8 Å². The summed E-state index contributed by atoms with van der Waals surface area (Å²) in [7, 11) is 1.67. The molecule has 0 aliphatic carbocycles. The lowest BCUT2D eigenvalue weighted by molar-refractivity contribution is -0.132. The number of carbonyl (C=O) groups is 2. The molecule has 3 aromatic rings. The van der Waals surface area contributed by atoms with Gasteiger partial charge in [0.1, 0.15) is 11.5 Å². The van der Waals surface area contributed by atoms with Gasteiger partial charge in [0.15, 0.2) is 0 Å². The Morgan fingerprint density at radius 1 is 0.956 bits per heavy atom. The first-order valence-electron chi connectivity index (χ1n) is 16.0. The normalized spacial score (nSPS) is 17.6. The number of fused-ring (bicyclic) bond motifs is 2. The Kier molecular flexibility index (Phi) is 11.3. The van der Waals surface area contributed by atoms with Crippen LogP contribution in [0.3, 0.4) is 0 Å². The summed E-state index contributed by atoms with van der Waals surface area (Å²) >= 11 is 0. The first-order valence-corrected chi connectivity index (χ1v) is 16.0. The summed E-state index contributed by atoms with van der Waals surface area (Å²) in [6, 6.07) is 26.1. The summed E-state index contributed by atoms with van der Waals surface area (Å²) in [5.74, 6) is 1.70. The van der Waals surface area contributed by atoms with E-state index in [4.69, 9.17) is 14.2 Å². The molecule has 2 amide bonds. The number of hydrogen-bond donors (Lipinski definition) is 1. The minimum atomic E-state index is -0.207. The largest absolute Gasteiger partial charge is 0.496 e. The second kappa shape index (κ2) is 15.7. The number of rotatable bonds is 14. The molecule has 2 aliphatic heterocycles. The summed E-state index contributed by atoms with van der Waals surface area (Å²) in [6.07, 6.45) is 2.24. The maximum Gasteiger partial charge on any atom is 0.251 e. The van der Waals surface area contributed by atoms with Gasteiger partial charge in [-0.1, -0.05) is 60.7 Å². The van der Waals surface area contributed by atoms with Gasteiger partial charge in [0.2, 0.25) is 5.91 Å². The fourth-order valence-corrected chi connectivity index (χ4v) is 6.21. The number of para-hydroxylation sites is 1. The van der Waals surface area contributed by atoms with E-state index in [-0.39, 0.29) is 23.9 Å². The van der Waals surface area contributed by atoms with Crippen LogP contribution >= 0.6 is 0 Å². The van der Waals surface area contributed by atoms with E-state index in [2.05, 4.69) is 29.6 Å². The lowest BCUT2D eigenvalue weighted by Crippen LogP contribution is -2.61. The monoisotopic (exact) mass is 611 g/mol. The number of hydrogen-bond acceptors (Lipinski definition) is 6. The zero-order valence-corrected chi connectivity index (χ0v) is 26.7. The topological polar surface area (TPSA) is 80.3 Å². The van der Waals surface area contributed by atoms with E-state index in [1.165, 1.54) is 5.56 Å². The average Bonchev–Trinajstić information content (AvgIpc) is 3.07. The van der Waals surface area contributed by atoms with Crippen molar-refractivity contribution in [3.63, 3.8) is 0 Å². The number of methoxy groups -OCH3 is 1. The second-order valence-electron chi connectivity index (χ2n) is 11.6. The van der Waals surface area contributed by atoms with Crippen molar-refractivity contribution in [3.8, 4) is 11.5 Å². The van der Waals surface area contributed by atoms with Crippen LogP contribution in [0.25, 0.3) is 5.57 Å². The first kappa shape index (κ1) is 32.3. The fraction of sp³-hybridized carbons (Fsp3) is 0.405. The highest BCUT2D eigenvalue weighted by Gasteiger charge is 2.40. The van der Waals surface area contributed by atoms with Crippen molar-refractivity contribution in [2.75, 3.05) is 46.5 Å². The van der Waals surface area contributed by atoms with E-state index >= 15 is 0 Å². The molecule has 0 unspecified atom stereocenters. The van der Waals surface area contributed by atoms with Gasteiger partial charge in [-0.2, -0.15) is 0 Å². The SMILES string of the molecule is CCN(CCc1ccccc1)C(=O)C1=C(c2ccc(OCCCOCc3ccccc3OC)cc2)C[C@@H]2CN(C(C)=O)C[C@H]1N2. The Balaban J connectivity index is 1.25. The molecule has 1 saturated heterocycles. The molecule has 2 heterocycles. The number of benzene rings is 3. The zero-order chi connectivity index (χ0) is 31.6. The summed E-state index contributed by atoms with van der Waals surface area (Å²) in [6.45, 7) is 7.65. The van der Waals surface area contributed by atoms with Crippen LogP contribution in [0.15, 0.2) is 84.4 Å². The highest BCUT2D eigenvalue weighted by molar-refractivity contribution is 6.03. The molecule has 0 spiro atoms. The quantitative estimate of drug-likeness (QED) is 0.255. The molecule has 238 valence electrons. The average molecular weight is 612 g/mol. The van der Waals surface area contributed by atoms with Gasteiger partial charge < -0.3 is 29.3 Å². The maximum absolute atomic E-state index is 14.2. The molecule has 2 aliphatic rings. The zero-order valence-electron chi connectivity index (χ0n) is 26.7. The molecule has 3 aromatic carbocycles. The lowest BCUT2D eigenvalue weighted by Gasteiger charge is -2.44.